The van der Waals surface area contributed by atoms with Gasteiger partial charge in [-0.15, -0.1) is 0 Å². The van der Waals surface area contributed by atoms with Gasteiger partial charge in [0, 0.05) is 19.8 Å². The summed E-state index contributed by atoms with van der Waals surface area (Å²) in [7, 11) is 3.86. The predicted octanol–water partition coefficient (Wildman–Crippen LogP) is 1.29. The molecule has 4 heteroatoms. The van der Waals surface area contributed by atoms with Gasteiger partial charge in [-0.1, -0.05) is 0 Å². The van der Waals surface area contributed by atoms with Crippen molar-refractivity contribution in [3.63, 3.8) is 0 Å². The fraction of sp³-hybridized carbons (Fsp3) is 0.417. The molecule has 1 unspecified atom stereocenters. The van der Waals surface area contributed by atoms with Gasteiger partial charge in [-0.2, -0.15) is 0 Å². The average Bonchev–Trinajstić information content (AvgIpc) is 2.26. The molecule has 1 aromatic rings. The van der Waals surface area contributed by atoms with Crippen molar-refractivity contribution in [2.45, 2.75) is 13.0 Å². The van der Waals surface area contributed by atoms with Gasteiger partial charge in [-0.3, -0.25) is 0 Å². The number of esters is 1. The number of carbonyl (C=O) groups is 1. The van der Waals surface area contributed by atoms with Crippen LogP contribution in [0.5, 0.6) is 0 Å². The number of anilines is 1. The molecule has 0 heterocycles. The van der Waals surface area contributed by atoms with Gasteiger partial charge in [-0.25, -0.2) is 4.79 Å². The highest BCUT2D eigenvalue weighted by molar-refractivity contribution is 5.89. The number of aliphatic hydroxyl groups is 1. The Hall–Kier alpha value is -1.55. The third-order valence-corrected chi connectivity index (χ3v) is 2.08. The minimum absolute atomic E-state index is 0.0221. The number of ether oxygens (including phenoxy) is 1. The lowest BCUT2D eigenvalue weighted by Gasteiger charge is -2.12. The van der Waals surface area contributed by atoms with Crippen molar-refractivity contribution < 1.29 is 14.6 Å². The van der Waals surface area contributed by atoms with Crippen molar-refractivity contribution in [1.29, 1.82) is 0 Å². The van der Waals surface area contributed by atoms with E-state index in [1.54, 1.807) is 19.1 Å². The van der Waals surface area contributed by atoms with Gasteiger partial charge in [0.2, 0.25) is 0 Å². The summed E-state index contributed by atoms with van der Waals surface area (Å²) in [4.78, 5) is 13.4. The van der Waals surface area contributed by atoms with Gasteiger partial charge < -0.3 is 14.7 Å². The molecule has 0 saturated carbocycles. The molecule has 88 valence electrons. The van der Waals surface area contributed by atoms with Crippen LogP contribution < -0.4 is 4.90 Å². The topological polar surface area (TPSA) is 49.8 Å². The SMILES string of the molecule is CC(O)COC(=O)c1ccc(N(C)C)cc1. The Balaban J connectivity index is 2.63. The summed E-state index contributed by atoms with van der Waals surface area (Å²) in [5.41, 5.74) is 1.51. The Kier molecular flexibility index (Phi) is 4.31. The quantitative estimate of drug-likeness (QED) is 0.781. The lowest BCUT2D eigenvalue weighted by Crippen LogP contribution is -2.15. The molecule has 0 aliphatic rings. The lowest BCUT2D eigenvalue weighted by atomic mass is 10.2. The van der Waals surface area contributed by atoms with E-state index in [1.165, 1.54) is 0 Å². The van der Waals surface area contributed by atoms with Crippen LogP contribution in [0, 0.1) is 0 Å². The first kappa shape index (κ1) is 12.5. The van der Waals surface area contributed by atoms with Gasteiger partial charge >= 0.3 is 5.97 Å². The first-order chi connectivity index (χ1) is 7.50. The summed E-state index contributed by atoms with van der Waals surface area (Å²) in [6.07, 6.45) is -0.634. The number of carbonyl (C=O) groups excluding carboxylic acids is 1. The lowest BCUT2D eigenvalue weighted by molar-refractivity contribution is 0.0296. The second-order valence-corrected chi connectivity index (χ2v) is 3.89. The van der Waals surface area contributed by atoms with Crippen LogP contribution >= 0.6 is 0 Å². The van der Waals surface area contributed by atoms with Crippen molar-refractivity contribution in [2.75, 3.05) is 25.6 Å². The molecule has 0 amide bonds. The molecule has 1 N–H and O–H groups in total. The fourth-order valence-corrected chi connectivity index (χ4v) is 1.18. The van der Waals surface area contributed by atoms with E-state index in [9.17, 15) is 4.79 Å². The molecule has 0 fully saturated rings. The van der Waals surface area contributed by atoms with Gasteiger partial charge in [0.05, 0.1) is 11.7 Å². The number of benzene rings is 1. The van der Waals surface area contributed by atoms with E-state index >= 15 is 0 Å². The van der Waals surface area contributed by atoms with Crippen molar-refractivity contribution in [1.82, 2.24) is 0 Å². The van der Waals surface area contributed by atoms with Crippen molar-refractivity contribution in [3.05, 3.63) is 29.8 Å². The zero-order chi connectivity index (χ0) is 12.1. The predicted molar refractivity (Wildman–Crippen MR) is 62.7 cm³/mol. The molecular weight excluding hydrogens is 206 g/mol. The summed E-state index contributed by atoms with van der Waals surface area (Å²) in [6, 6.07) is 7.11. The Bertz CT molecular complexity index is 344. The molecule has 0 radical (unpaired) electrons. The van der Waals surface area contributed by atoms with E-state index in [2.05, 4.69) is 0 Å². The minimum Gasteiger partial charge on any atom is -0.459 e. The molecule has 1 atom stereocenters. The van der Waals surface area contributed by atoms with Crippen LogP contribution in [0.1, 0.15) is 17.3 Å². The Morgan fingerprint density at radius 2 is 1.94 bits per heavy atom. The highest BCUT2D eigenvalue weighted by atomic mass is 16.5. The van der Waals surface area contributed by atoms with E-state index in [0.717, 1.165) is 5.69 Å². The monoisotopic (exact) mass is 223 g/mol. The van der Waals surface area contributed by atoms with E-state index in [-0.39, 0.29) is 6.61 Å². The molecule has 0 aliphatic carbocycles. The largest absolute Gasteiger partial charge is 0.459 e. The number of nitrogens with zero attached hydrogens (tertiary/aromatic N) is 1. The van der Waals surface area contributed by atoms with Crippen LogP contribution in [0.4, 0.5) is 5.69 Å². The smallest absolute Gasteiger partial charge is 0.338 e. The van der Waals surface area contributed by atoms with Crippen LogP contribution in [0.3, 0.4) is 0 Å². The number of aliphatic hydroxyl groups excluding tert-OH is 1. The van der Waals surface area contributed by atoms with Gasteiger partial charge in [-0.05, 0) is 31.2 Å². The van der Waals surface area contributed by atoms with Crippen LogP contribution in [-0.2, 0) is 4.74 Å². The molecule has 0 bridgehead atoms. The van der Waals surface area contributed by atoms with Crippen molar-refractivity contribution >= 4 is 11.7 Å². The Morgan fingerprint density at radius 1 is 1.38 bits per heavy atom. The zero-order valence-electron chi connectivity index (χ0n) is 9.80. The summed E-state index contributed by atoms with van der Waals surface area (Å²) in [5.74, 6) is -0.411. The second kappa shape index (κ2) is 5.51. The fourth-order valence-electron chi connectivity index (χ4n) is 1.18. The van der Waals surface area contributed by atoms with E-state index in [0.29, 0.717) is 5.56 Å². The Morgan fingerprint density at radius 3 is 2.38 bits per heavy atom. The van der Waals surface area contributed by atoms with E-state index in [4.69, 9.17) is 9.84 Å². The zero-order valence-corrected chi connectivity index (χ0v) is 9.80. The van der Waals surface area contributed by atoms with Crippen LogP contribution in [0.15, 0.2) is 24.3 Å². The Labute approximate surface area is 95.5 Å². The third-order valence-electron chi connectivity index (χ3n) is 2.08. The first-order valence-corrected chi connectivity index (χ1v) is 5.13. The average molecular weight is 223 g/mol. The van der Waals surface area contributed by atoms with Gasteiger partial charge in [0.15, 0.2) is 0 Å². The minimum atomic E-state index is -0.634. The maximum absolute atomic E-state index is 11.5. The van der Waals surface area contributed by atoms with Crippen LogP contribution in [0.25, 0.3) is 0 Å². The molecule has 0 saturated heterocycles. The van der Waals surface area contributed by atoms with Crippen molar-refractivity contribution in [3.8, 4) is 0 Å². The van der Waals surface area contributed by atoms with Gasteiger partial charge in [0.25, 0.3) is 0 Å². The summed E-state index contributed by atoms with van der Waals surface area (Å²) in [6.45, 7) is 1.59. The molecular formula is C12H17NO3. The van der Waals surface area contributed by atoms with Crippen LogP contribution in [0.2, 0.25) is 0 Å². The molecule has 0 aromatic heterocycles. The third kappa shape index (κ3) is 3.55. The number of hydrogen-bond acceptors (Lipinski definition) is 4. The standard InChI is InChI=1S/C12H17NO3/c1-9(14)8-16-12(15)10-4-6-11(7-5-10)13(2)3/h4-7,9,14H,8H2,1-3H3. The molecule has 16 heavy (non-hydrogen) atoms. The van der Waals surface area contributed by atoms with Crippen molar-refractivity contribution in [2.24, 2.45) is 0 Å². The maximum atomic E-state index is 11.5. The first-order valence-electron chi connectivity index (χ1n) is 5.13. The summed E-state index contributed by atoms with van der Waals surface area (Å²) < 4.78 is 4.89. The van der Waals surface area contributed by atoms with Crippen LogP contribution in [-0.4, -0.2) is 37.9 Å². The molecule has 4 nitrogen and oxygen atoms in total. The number of hydrogen-bond donors (Lipinski definition) is 1. The maximum Gasteiger partial charge on any atom is 0.338 e. The second-order valence-electron chi connectivity index (χ2n) is 3.89. The summed E-state index contributed by atoms with van der Waals surface area (Å²) >= 11 is 0. The highest BCUT2D eigenvalue weighted by Crippen LogP contribution is 2.12. The van der Waals surface area contributed by atoms with E-state index < -0.39 is 12.1 Å². The normalized spacial score (nSPS) is 12.0. The number of rotatable bonds is 4. The van der Waals surface area contributed by atoms with Gasteiger partial charge in [0.1, 0.15) is 6.61 Å². The summed E-state index contributed by atoms with van der Waals surface area (Å²) in [5, 5.41) is 8.98. The molecule has 1 rings (SSSR count). The molecule has 0 spiro atoms. The highest BCUT2D eigenvalue weighted by Gasteiger charge is 2.08. The van der Waals surface area contributed by atoms with E-state index in [1.807, 2.05) is 31.1 Å². The molecule has 1 aromatic carbocycles. The molecule has 0 aliphatic heterocycles.